The Balaban J connectivity index is 1.37. The molecule has 2 aromatic heterocycles. The molecule has 1 amide bonds. The molecule has 0 atom stereocenters. The van der Waals surface area contributed by atoms with Gasteiger partial charge in [-0.15, -0.1) is 8.78 Å². The highest BCUT2D eigenvalue weighted by atomic mass is 19.3. The lowest BCUT2D eigenvalue weighted by atomic mass is 10.1. The Morgan fingerprint density at radius 3 is 2.63 bits per heavy atom. The van der Waals surface area contributed by atoms with E-state index in [4.69, 9.17) is 9.47 Å². The van der Waals surface area contributed by atoms with Crippen molar-refractivity contribution in [3.8, 4) is 34.3 Å². The van der Waals surface area contributed by atoms with Crippen LogP contribution >= 0.6 is 0 Å². The summed E-state index contributed by atoms with van der Waals surface area (Å²) in [6.45, 7) is -0.400. The number of amides is 1. The van der Waals surface area contributed by atoms with Crippen LogP contribution in [0.15, 0.2) is 47.5 Å². The van der Waals surface area contributed by atoms with E-state index in [1.807, 2.05) is 0 Å². The van der Waals surface area contributed by atoms with Crippen LogP contribution in [-0.4, -0.2) is 52.2 Å². The molecular formula is C25H21F2N5O6. The van der Waals surface area contributed by atoms with Gasteiger partial charge in [0.05, 0.1) is 26.1 Å². The van der Waals surface area contributed by atoms with Crippen molar-refractivity contribution >= 4 is 22.6 Å². The number of benzene rings is 2. The minimum absolute atomic E-state index is 0.112. The highest BCUT2D eigenvalue weighted by Gasteiger charge is 2.44. The molecule has 2 aromatic carbocycles. The van der Waals surface area contributed by atoms with Crippen LogP contribution in [0.25, 0.3) is 22.3 Å². The lowest BCUT2D eigenvalue weighted by Gasteiger charge is -2.23. The zero-order chi connectivity index (χ0) is 26.6. The molecule has 0 unspecified atom stereocenters. The van der Waals surface area contributed by atoms with E-state index in [1.165, 1.54) is 43.6 Å². The molecule has 13 heteroatoms. The number of rotatable bonds is 7. The SMILES string of the molecule is COc1ccc(-c2nn(CC(=O)N(c3ccc4c(c3)OC(F)(F)O4)C3CC3)c(=O)c3nc[nH]c23)cc1OC. The number of carbonyl (C=O) groups excluding carboxylic acids is 1. The van der Waals surface area contributed by atoms with E-state index in [-0.39, 0.29) is 23.1 Å². The number of methoxy groups -OCH3 is 2. The molecule has 6 rings (SSSR count). The number of nitrogens with one attached hydrogen (secondary N) is 1. The van der Waals surface area contributed by atoms with E-state index in [0.29, 0.717) is 34.0 Å². The highest BCUT2D eigenvalue weighted by Crippen LogP contribution is 2.44. The quantitative estimate of drug-likeness (QED) is 0.390. The Kier molecular flexibility index (Phi) is 5.44. The normalized spacial score (nSPS) is 15.5. The molecule has 1 N–H and O–H groups in total. The van der Waals surface area contributed by atoms with Crippen LogP contribution in [0.5, 0.6) is 23.0 Å². The van der Waals surface area contributed by atoms with Gasteiger partial charge in [-0.1, -0.05) is 0 Å². The number of carbonyl (C=O) groups is 1. The van der Waals surface area contributed by atoms with E-state index in [2.05, 4.69) is 24.5 Å². The molecule has 1 aliphatic carbocycles. The first kappa shape index (κ1) is 23.7. The first-order valence-corrected chi connectivity index (χ1v) is 11.7. The molecule has 0 spiro atoms. The fourth-order valence-corrected chi connectivity index (χ4v) is 4.45. The number of fused-ring (bicyclic) bond motifs is 2. The van der Waals surface area contributed by atoms with Crippen molar-refractivity contribution in [1.29, 1.82) is 0 Å². The maximum Gasteiger partial charge on any atom is 0.586 e. The third-order valence-corrected chi connectivity index (χ3v) is 6.32. The fourth-order valence-electron chi connectivity index (χ4n) is 4.45. The van der Waals surface area contributed by atoms with Crippen LogP contribution < -0.4 is 29.4 Å². The molecule has 2 aliphatic rings. The number of imidazole rings is 1. The summed E-state index contributed by atoms with van der Waals surface area (Å²) in [4.78, 5) is 35.3. The fraction of sp³-hybridized carbons (Fsp3) is 0.280. The Morgan fingerprint density at radius 1 is 1.13 bits per heavy atom. The summed E-state index contributed by atoms with van der Waals surface area (Å²) >= 11 is 0. The molecule has 3 heterocycles. The molecule has 11 nitrogen and oxygen atoms in total. The van der Waals surface area contributed by atoms with E-state index in [9.17, 15) is 18.4 Å². The van der Waals surface area contributed by atoms with E-state index in [1.54, 1.807) is 18.2 Å². The van der Waals surface area contributed by atoms with Gasteiger partial charge in [0.25, 0.3) is 5.56 Å². The van der Waals surface area contributed by atoms with Crippen LogP contribution in [0.2, 0.25) is 0 Å². The van der Waals surface area contributed by atoms with Gasteiger partial charge in [0, 0.05) is 23.4 Å². The van der Waals surface area contributed by atoms with Crippen LogP contribution in [0.4, 0.5) is 14.5 Å². The number of anilines is 1. The van der Waals surface area contributed by atoms with Gasteiger partial charge in [-0.25, -0.2) is 9.67 Å². The molecular weight excluding hydrogens is 504 g/mol. The second kappa shape index (κ2) is 8.71. The van der Waals surface area contributed by atoms with E-state index < -0.39 is 24.3 Å². The number of hydrogen-bond donors (Lipinski definition) is 1. The second-order valence-corrected chi connectivity index (χ2v) is 8.80. The molecule has 4 aromatic rings. The summed E-state index contributed by atoms with van der Waals surface area (Å²) in [6.07, 6.45) is -0.933. The predicted molar refractivity (Wildman–Crippen MR) is 130 cm³/mol. The van der Waals surface area contributed by atoms with Gasteiger partial charge >= 0.3 is 6.29 Å². The van der Waals surface area contributed by atoms with Crippen molar-refractivity contribution in [2.45, 2.75) is 31.7 Å². The number of aromatic amines is 1. The second-order valence-electron chi connectivity index (χ2n) is 8.80. The van der Waals surface area contributed by atoms with Crippen molar-refractivity contribution in [2.24, 2.45) is 0 Å². The number of aromatic nitrogens is 4. The standard InChI is InChI=1S/C25H21F2N5O6/c1-35-16-7-3-13(9-18(16)36-2)21-22-23(29-12-28-22)24(34)31(30-21)11-20(33)32(14-4-5-14)15-6-8-17-19(10-15)38-25(26,27)37-17/h3,6-10,12,14H,4-5,11H2,1-2H3,(H,28,29). The highest BCUT2D eigenvalue weighted by molar-refractivity contribution is 5.95. The Labute approximate surface area is 213 Å². The van der Waals surface area contributed by atoms with Gasteiger partial charge in [0.2, 0.25) is 5.91 Å². The Bertz CT molecular complexity index is 1630. The molecule has 1 fully saturated rings. The number of alkyl halides is 2. The monoisotopic (exact) mass is 525 g/mol. The maximum absolute atomic E-state index is 13.5. The average Bonchev–Trinajstić information content (AvgIpc) is 3.49. The van der Waals surface area contributed by atoms with Crippen molar-refractivity contribution in [3.05, 3.63) is 53.1 Å². The topological polar surface area (TPSA) is 121 Å². The average molecular weight is 525 g/mol. The number of nitrogens with zero attached hydrogens (tertiary/aromatic N) is 4. The lowest BCUT2D eigenvalue weighted by Crippen LogP contribution is -2.39. The third kappa shape index (κ3) is 4.05. The van der Waals surface area contributed by atoms with Crippen LogP contribution in [0.1, 0.15) is 12.8 Å². The summed E-state index contributed by atoms with van der Waals surface area (Å²) < 4.78 is 47.8. The van der Waals surface area contributed by atoms with Crippen molar-refractivity contribution in [3.63, 3.8) is 0 Å². The summed E-state index contributed by atoms with van der Waals surface area (Å²) in [7, 11) is 3.02. The van der Waals surface area contributed by atoms with Gasteiger partial charge in [-0.3, -0.25) is 9.59 Å². The van der Waals surface area contributed by atoms with Crippen molar-refractivity contribution in [2.75, 3.05) is 19.1 Å². The molecule has 0 radical (unpaired) electrons. The molecule has 0 saturated heterocycles. The minimum atomic E-state index is -3.77. The number of H-pyrrole nitrogens is 1. The zero-order valence-corrected chi connectivity index (χ0v) is 20.2. The number of hydrogen-bond acceptors (Lipinski definition) is 8. The van der Waals surface area contributed by atoms with Gasteiger partial charge in [0.1, 0.15) is 12.2 Å². The molecule has 1 saturated carbocycles. The van der Waals surface area contributed by atoms with Crippen molar-refractivity contribution in [1.82, 2.24) is 19.7 Å². The van der Waals surface area contributed by atoms with Gasteiger partial charge < -0.3 is 28.8 Å². The predicted octanol–water partition coefficient (Wildman–Crippen LogP) is 3.32. The smallest absolute Gasteiger partial charge is 0.493 e. The molecule has 1 aliphatic heterocycles. The lowest BCUT2D eigenvalue weighted by molar-refractivity contribution is -0.286. The largest absolute Gasteiger partial charge is 0.586 e. The van der Waals surface area contributed by atoms with Crippen molar-refractivity contribution < 1.29 is 32.5 Å². The number of ether oxygens (including phenoxy) is 4. The summed E-state index contributed by atoms with van der Waals surface area (Å²) in [6, 6.07) is 9.17. The van der Waals surface area contributed by atoms with E-state index in [0.717, 1.165) is 17.5 Å². The maximum atomic E-state index is 13.5. The third-order valence-electron chi connectivity index (χ3n) is 6.32. The van der Waals surface area contributed by atoms with Gasteiger partial charge in [-0.2, -0.15) is 5.10 Å². The Morgan fingerprint density at radius 2 is 1.89 bits per heavy atom. The van der Waals surface area contributed by atoms with Gasteiger partial charge in [-0.05, 0) is 43.2 Å². The first-order chi connectivity index (χ1) is 18.3. The van der Waals surface area contributed by atoms with Crippen LogP contribution in [0.3, 0.4) is 0 Å². The molecule has 38 heavy (non-hydrogen) atoms. The Hall–Kier alpha value is -4.68. The summed E-state index contributed by atoms with van der Waals surface area (Å²) in [5.41, 5.74) is 1.30. The molecule has 196 valence electrons. The van der Waals surface area contributed by atoms with Gasteiger partial charge in [0.15, 0.2) is 28.5 Å². The summed E-state index contributed by atoms with van der Waals surface area (Å²) in [5, 5.41) is 4.49. The first-order valence-electron chi connectivity index (χ1n) is 11.7. The van der Waals surface area contributed by atoms with Crippen LogP contribution in [0, 0.1) is 0 Å². The zero-order valence-electron chi connectivity index (χ0n) is 20.2. The minimum Gasteiger partial charge on any atom is -0.493 e. The van der Waals surface area contributed by atoms with E-state index >= 15 is 0 Å². The molecule has 0 bridgehead atoms. The summed E-state index contributed by atoms with van der Waals surface area (Å²) in [5.74, 6) is 0.239. The number of halogens is 2. The van der Waals surface area contributed by atoms with Crippen LogP contribution in [-0.2, 0) is 11.3 Å².